The molecule has 0 amide bonds. The highest BCUT2D eigenvalue weighted by Crippen LogP contribution is 2.23. The van der Waals surface area contributed by atoms with E-state index in [0.29, 0.717) is 0 Å². The minimum Gasteiger partial charge on any atom is -0.399 e. The number of hydrogen-bond donors (Lipinski definition) is 1. The Morgan fingerprint density at radius 3 is 2.86 bits per heavy atom. The van der Waals surface area contributed by atoms with Crippen LogP contribution in [0.5, 0.6) is 0 Å². The second kappa shape index (κ2) is 3.62. The highest BCUT2D eigenvalue weighted by atomic mass is 15.1. The zero-order valence-electron chi connectivity index (χ0n) is 9.01. The Bertz CT molecular complexity index is 344. The van der Waals surface area contributed by atoms with Crippen LogP contribution in [0.4, 0.5) is 5.69 Å². The summed E-state index contributed by atoms with van der Waals surface area (Å²) in [7, 11) is 2.18. The summed E-state index contributed by atoms with van der Waals surface area (Å²) in [6, 6.07) is 4.40. The largest absolute Gasteiger partial charge is 0.399 e. The fourth-order valence-corrected chi connectivity index (χ4v) is 2.12. The minimum absolute atomic E-state index is 0.938. The van der Waals surface area contributed by atoms with E-state index in [0.717, 1.165) is 12.2 Å². The first-order chi connectivity index (χ1) is 6.66. The van der Waals surface area contributed by atoms with Gasteiger partial charge in [0.1, 0.15) is 0 Å². The molecule has 0 aliphatic carbocycles. The zero-order chi connectivity index (χ0) is 10.1. The van der Waals surface area contributed by atoms with Crippen molar-refractivity contribution in [3.8, 4) is 0 Å². The summed E-state index contributed by atoms with van der Waals surface area (Å²) in [5, 5.41) is 0. The van der Waals surface area contributed by atoms with E-state index in [1.165, 1.54) is 36.1 Å². The smallest absolute Gasteiger partial charge is 0.0346 e. The average molecular weight is 190 g/mol. The summed E-state index contributed by atoms with van der Waals surface area (Å²) in [6.07, 6.45) is 2.41. The van der Waals surface area contributed by atoms with Crippen molar-refractivity contribution < 1.29 is 0 Å². The molecule has 76 valence electrons. The van der Waals surface area contributed by atoms with Crippen molar-refractivity contribution in [3.63, 3.8) is 0 Å². The van der Waals surface area contributed by atoms with Crippen LogP contribution in [0.3, 0.4) is 0 Å². The molecule has 0 atom stereocenters. The van der Waals surface area contributed by atoms with Crippen LogP contribution in [-0.2, 0) is 13.0 Å². The Morgan fingerprint density at radius 1 is 1.29 bits per heavy atom. The van der Waals surface area contributed by atoms with Gasteiger partial charge in [-0.2, -0.15) is 0 Å². The summed E-state index contributed by atoms with van der Waals surface area (Å²) >= 11 is 0. The van der Waals surface area contributed by atoms with E-state index in [-0.39, 0.29) is 0 Å². The summed E-state index contributed by atoms with van der Waals surface area (Å²) in [5.74, 6) is 0. The van der Waals surface area contributed by atoms with E-state index >= 15 is 0 Å². The number of nitrogen functional groups attached to an aromatic ring is 1. The van der Waals surface area contributed by atoms with Gasteiger partial charge in [-0.15, -0.1) is 0 Å². The maximum absolute atomic E-state index is 5.92. The second-order valence-corrected chi connectivity index (χ2v) is 4.32. The van der Waals surface area contributed by atoms with Crippen LogP contribution in [0.25, 0.3) is 0 Å². The molecule has 0 saturated carbocycles. The lowest BCUT2D eigenvalue weighted by atomic mass is 10.0. The molecule has 14 heavy (non-hydrogen) atoms. The molecule has 1 aliphatic rings. The van der Waals surface area contributed by atoms with E-state index in [2.05, 4.69) is 31.0 Å². The number of anilines is 1. The monoisotopic (exact) mass is 190 g/mol. The molecular weight excluding hydrogens is 172 g/mol. The number of benzene rings is 1. The summed E-state index contributed by atoms with van der Waals surface area (Å²) in [4.78, 5) is 2.38. The van der Waals surface area contributed by atoms with Crippen molar-refractivity contribution in [2.45, 2.75) is 26.3 Å². The van der Waals surface area contributed by atoms with Crippen LogP contribution in [0, 0.1) is 6.92 Å². The Hall–Kier alpha value is -1.02. The van der Waals surface area contributed by atoms with E-state index in [9.17, 15) is 0 Å². The molecule has 0 aromatic heterocycles. The zero-order valence-corrected chi connectivity index (χ0v) is 9.01. The maximum atomic E-state index is 5.92. The van der Waals surface area contributed by atoms with E-state index in [1.54, 1.807) is 0 Å². The molecule has 2 heteroatoms. The van der Waals surface area contributed by atoms with Crippen molar-refractivity contribution in [1.82, 2.24) is 4.90 Å². The van der Waals surface area contributed by atoms with E-state index in [1.807, 2.05) is 0 Å². The van der Waals surface area contributed by atoms with Crippen LogP contribution in [0.15, 0.2) is 12.1 Å². The van der Waals surface area contributed by atoms with Gasteiger partial charge in [-0.25, -0.2) is 0 Å². The van der Waals surface area contributed by atoms with Gasteiger partial charge in [0.2, 0.25) is 0 Å². The third-order valence-electron chi connectivity index (χ3n) is 3.01. The summed E-state index contributed by atoms with van der Waals surface area (Å²) in [5.41, 5.74) is 11.0. The number of nitrogens with two attached hydrogens (primary N) is 1. The van der Waals surface area contributed by atoms with Crippen LogP contribution >= 0.6 is 0 Å². The number of hydrogen-bond acceptors (Lipinski definition) is 2. The molecular formula is C12H18N2. The molecule has 2 N–H and O–H groups in total. The predicted molar refractivity (Wildman–Crippen MR) is 60.2 cm³/mol. The predicted octanol–water partition coefficient (Wildman–Crippen LogP) is 1.96. The standard InChI is InChI=1S/C12H18N2/c1-9-6-11-8-14(2)5-3-4-10(11)7-12(9)13/h6-7H,3-5,8,13H2,1-2H3. The third-order valence-corrected chi connectivity index (χ3v) is 3.01. The molecule has 0 fully saturated rings. The lowest BCUT2D eigenvalue weighted by Gasteiger charge is -2.14. The van der Waals surface area contributed by atoms with Crippen LogP contribution in [-0.4, -0.2) is 18.5 Å². The number of aryl methyl sites for hydroxylation is 2. The SMILES string of the molecule is Cc1cc2c(cc1N)CCCN(C)C2. The Labute approximate surface area is 85.7 Å². The van der Waals surface area contributed by atoms with E-state index < -0.39 is 0 Å². The number of rotatable bonds is 0. The van der Waals surface area contributed by atoms with Gasteiger partial charge in [0.05, 0.1) is 0 Å². The second-order valence-electron chi connectivity index (χ2n) is 4.32. The van der Waals surface area contributed by atoms with E-state index in [4.69, 9.17) is 5.73 Å². The van der Waals surface area contributed by atoms with Crippen molar-refractivity contribution >= 4 is 5.69 Å². The highest BCUT2D eigenvalue weighted by molar-refractivity contribution is 5.51. The van der Waals surface area contributed by atoms with Crippen molar-refractivity contribution in [3.05, 3.63) is 28.8 Å². The Kier molecular flexibility index (Phi) is 2.46. The first-order valence-electron chi connectivity index (χ1n) is 5.23. The molecule has 1 heterocycles. The van der Waals surface area contributed by atoms with Crippen molar-refractivity contribution in [1.29, 1.82) is 0 Å². The molecule has 0 saturated heterocycles. The summed E-state index contributed by atoms with van der Waals surface area (Å²) in [6.45, 7) is 4.34. The van der Waals surface area contributed by atoms with Gasteiger partial charge in [0.25, 0.3) is 0 Å². The van der Waals surface area contributed by atoms with Gasteiger partial charge in [0.15, 0.2) is 0 Å². The Balaban J connectivity index is 2.41. The van der Waals surface area contributed by atoms with Gasteiger partial charge >= 0.3 is 0 Å². The van der Waals surface area contributed by atoms with Gasteiger partial charge in [-0.1, -0.05) is 6.07 Å². The quantitative estimate of drug-likeness (QED) is 0.634. The molecule has 0 unspecified atom stereocenters. The fourth-order valence-electron chi connectivity index (χ4n) is 2.12. The summed E-state index contributed by atoms with van der Waals surface area (Å²) < 4.78 is 0. The van der Waals surface area contributed by atoms with Crippen molar-refractivity contribution in [2.75, 3.05) is 19.3 Å². The molecule has 0 radical (unpaired) electrons. The maximum Gasteiger partial charge on any atom is 0.0346 e. The topological polar surface area (TPSA) is 29.3 Å². The van der Waals surface area contributed by atoms with Gasteiger partial charge < -0.3 is 10.6 Å². The minimum atomic E-state index is 0.938. The van der Waals surface area contributed by atoms with Crippen LogP contribution < -0.4 is 5.73 Å². The number of fused-ring (bicyclic) bond motifs is 1. The normalized spacial score (nSPS) is 17.6. The molecule has 2 nitrogen and oxygen atoms in total. The molecule has 0 bridgehead atoms. The molecule has 1 aliphatic heterocycles. The first-order valence-corrected chi connectivity index (χ1v) is 5.23. The lowest BCUT2D eigenvalue weighted by Crippen LogP contribution is -2.17. The first kappa shape index (κ1) is 9.53. The fraction of sp³-hybridized carbons (Fsp3) is 0.500. The van der Waals surface area contributed by atoms with Crippen LogP contribution in [0.1, 0.15) is 23.1 Å². The molecule has 1 aromatic rings. The van der Waals surface area contributed by atoms with Gasteiger partial charge in [0, 0.05) is 12.2 Å². The average Bonchev–Trinajstić information content (AvgIpc) is 2.28. The highest BCUT2D eigenvalue weighted by Gasteiger charge is 2.12. The molecule has 1 aromatic carbocycles. The van der Waals surface area contributed by atoms with Crippen molar-refractivity contribution in [2.24, 2.45) is 0 Å². The molecule has 2 rings (SSSR count). The molecule has 0 spiro atoms. The van der Waals surface area contributed by atoms with Gasteiger partial charge in [-0.3, -0.25) is 0 Å². The number of nitrogens with zero attached hydrogens (tertiary/aromatic N) is 1. The Morgan fingerprint density at radius 2 is 2.07 bits per heavy atom. The van der Waals surface area contributed by atoms with Gasteiger partial charge in [-0.05, 0) is 56.1 Å². The van der Waals surface area contributed by atoms with Crippen LogP contribution in [0.2, 0.25) is 0 Å². The lowest BCUT2D eigenvalue weighted by molar-refractivity contribution is 0.332. The third kappa shape index (κ3) is 1.75.